The average molecular weight is 234 g/mol. The van der Waals surface area contributed by atoms with E-state index in [2.05, 4.69) is 20.4 Å². The molecule has 86 valence electrons. The molecular formula is C10H7FN4O2. The lowest BCUT2D eigenvalue weighted by atomic mass is 10.1. The van der Waals surface area contributed by atoms with Gasteiger partial charge in [0.05, 0.1) is 11.1 Å². The number of aromatic carboxylic acids is 1. The van der Waals surface area contributed by atoms with Gasteiger partial charge in [-0.15, -0.1) is 20.4 Å². The highest BCUT2D eigenvalue weighted by atomic mass is 19.1. The molecule has 6 nitrogen and oxygen atoms in total. The third kappa shape index (κ3) is 2.07. The van der Waals surface area contributed by atoms with E-state index >= 15 is 0 Å². The van der Waals surface area contributed by atoms with Crippen molar-refractivity contribution in [2.24, 2.45) is 0 Å². The highest BCUT2D eigenvalue weighted by Crippen LogP contribution is 2.22. The van der Waals surface area contributed by atoms with Crippen LogP contribution in [0.2, 0.25) is 0 Å². The van der Waals surface area contributed by atoms with Crippen molar-refractivity contribution >= 4 is 5.97 Å². The Morgan fingerprint density at radius 2 is 1.88 bits per heavy atom. The van der Waals surface area contributed by atoms with Crippen molar-refractivity contribution in [3.8, 4) is 11.4 Å². The van der Waals surface area contributed by atoms with Crippen LogP contribution in [0, 0.1) is 12.7 Å². The molecule has 2 rings (SSSR count). The third-order valence-electron chi connectivity index (χ3n) is 2.05. The average Bonchev–Trinajstić information content (AvgIpc) is 2.30. The first-order valence-electron chi connectivity index (χ1n) is 4.66. The number of carbonyl (C=O) groups is 1. The van der Waals surface area contributed by atoms with E-state index in [9.17, 15) is 9.18 Å². The highest BCUT2D eigenvalue weighted by Gasteiger charge is 2.18. The predicted molar refractivity (Wildman–Crippen MR) is 54.7 cm³/mol. The maximum atomic E-state index is 13.6. The smallest absolute Gasteiger partial charge is 0.336 e. The zero-order chi connectivity index (χ0) is 12.4. The van der Waals surface area contributed by atoms with Gasteiger partial charge < -0.3 is 5.11 Å². The Kier molecular flexibility index (Phi) is 2.73. The van der Waals surface area contributed by atoms with Crippen molar-refractivity contribution in [3.05, 3.63) is 35.4 Å². The molecule has 0 saturated carbocycles. The van der Waals surface area contributed by atoms with Crippen molar-refractivity contribution in [2.45, 2.75) is 6.92 Å². The Morgan fingerprint density at radius 1 is 1.24 bits per heavy atom. The van der Waals surface area contributed by atoms with E-state index in [4.69, 9.17) is 5.11 Å². The Morgan fingerprint density at radius 3 is 2.47 bits per heavy atom. The predicted octanol–water partition coefficient (Wildman–Crippen LogP) is 1.08. The van der Waals surface area contributed by atoms with Gasteiger partial charge in [0.25, 0.3) is 0 Å². The molecule has 0 aliphatic heterocycles. The number of nitrogens with zero attached hydrogens (tertiary/aromatic N) is 4. The highest BCUT2D eigenvalue weighted by molar-refractivity contribution is 5.95. The summed E-state index contributed by atoms with van der Waals surface area (Å²) in [6, 6.07) is 3.70. The van der Waals surface area contributed by atoms with Gasteiger partial charge in [0.1, 0.15) is 5.82 Å². The van der Waals surface area contributed by atoms with E-state index < -0.39 is 11.8 Å². The molecule has 0 radical (unpaired) electrons. The largest absolute Gasteiger partial charge is 0.478 e. The lowest BCUT2D eigenvalue weighted by Gasteiger charge is -2.04. The molecule has 7 heteroatoms. The molecule has 0 amide bonds. The van der Waals surface area contributed by atoms with Crippen LogP contribution in [-0.4, -0.2) is 31.5 Å². The quantitative estimate of drug-likeness (QED) is 0.836. The molecule has 1 aromatic heterocycles. The van der Waals surface area contributed by atoms with Crippen LogP contribution in [0.15, 0.2) is 18.2 Å². The van der Waals surface area contributed by atoms with Crippen LogP contribution in [0.3, 0.4) is 0 Å². The maximum absolute atomic E-state index is 13.6. The van der Waals surface area contributed by atoms with E-state index in [-0.39, 0.29) is 17.0 Å². The topological polar surface area (TPSA) is 88.9 Å². The number of halogens is 1. The molecule has 0 aliphatic rings. The second-order valence-electron chi connectivity index (χ2n) is 3.24. The summed E-state index contributed by atoms with van der Waals surface area (Å²) in [6.45, 7) is 1.57. The van der Waals surface area contributed by atoms with Crippen molar-refractivity contribution < 1.29 is 14.3 Å². The molecule has 2 aromatic rings. The van der Waals surface area contributed by atoms with Gasteiger partial charge in [0.2, 0.25) is 5.82 Å². The van der Waals surface area contributed by atoms with Gasteiger partial charge in [0, 0.05) is 0 Å². The van der Waals surface area contributed by atoms with Crippen LogP contribution in [-0.2, 0) is 0 Å². The summed E-state index contributed by atoms with van der Waals surface area (Å²) in [4.78, 5) is 11.0. The number of benzene rings is 1. The number of aryl methyl sites for hydroxylation is 1. The summed E-state index contributed by atoms with van der Waals surface area (Å²) in [5, 5.41) is 23.4. The van der Waals surface area contributed by atoms with Crippen molar-refractivity contribution in [1.29, 1.82) is 0 Å². The third-order valence-corrected chi connectivity index (χ3v) is 2.05. The molecule has 0 atom stereocenters. The van der Waals surface area contributed by atoms with Gasteiger partial charge in [-0.25, -0.2) is 9.18 Å². The summed E-state index contributed by atoms with van der Waals surface area (Å²) in [5.41, 5.74) is -0.433. The molecule has 1 heterocycles. The number of aromatic nitrogens is 4. The van der Waals surface area contributed by atoms with Gasteiger partial charge in [-0.05, 0) is 19.1 Å². The molecule has 0 fully saturated rings. The fourth-order valence-corrected chi connectivity index (χ4v) is 1.31. The van der Waals surface area contributed by atoms with Gasteiger partial charge >= 0.3 is 5.97 Å². The Balaban J connectivity index is 2.65. The zero-order valence-corrected chi connectivity index (χ0v) is 8.75. The fraction of sp³-hybridized carbons (Fsp3) is 0.100. The van der Waals surface area contributed by atoms with Crippen LogP contribution in [0.1, 0.15) is 16.2 Å². The van der Waals surface area contributed by atoms with Gasteiger partial charge in [-0.2, -0.15) is 0 Å². The minimum Gasteiger partial charge on any atom is -0.478 e. The van der Waals surface area contributed by atoms with E-state index in [0.29, 0.717) is 5.82 Å². The van der Waals surface area contributed by atoms with Crippen LogP contribution >= 0.6 is 0 Å². The molecule has 0 bridgehead atoms. The van der Waals surface area contributed by atoms with Crippen LogP contribution in [0.25, 0.3) is 11.4 Å². The van der Waals surface area contributed by atoms with E-state index in [0.717, 1.165) is 6.07 Å². The van der Waals surface area contributed by atoms with Gasteiger partial charge in [-0.3, -0.25) is 0 Å². The Hall–Kier alpha value is -2.44. The van der Waals surface area contributed by atoms with Crippen LogP contribution in [0.4, 0.5) is 4.39 Å². The molecule has 1 aromatic carbocycles. The Labute approximate surface area is 95.2 Å². The zero-order valence-electron chi connectivity index (χ0n) is 8.75. The summed E-state index contributed by atoms with van der Waals surface area (Å²) in [7, 11) is 0. The minimum absolute atomic E-state index is 0.147. The molecule has 17 heavy (non-hydrogen) atoms. The van der Waals surface area contributed by atoms with Crippen LogP contribution in [0.5, 0.6) is 0 Å². The molecule has 0 saturated heterocycles. The summed E-state index contributed by atoms with van der Waals surface area (Å²) >= 11 is 0. The summed E-state index contributed by atoms with van der Waals surface area (Å²) in [6.07, 6.45) is 0. The number of carboxylic acid groups (broad SMARTS) is 1. The molecule has 0 unspecified atom stereocenters. The number of rotatable bonds is 2. The molecular weight excluding hydrogens is 227 g/mol. The van der Waals surface area contributed by atoms with Crippen molar-refractivity contribution in [1.82, 2.24) is 20.4 Å². The molecule has 0 aliphatic carbocycles. The fourth-order valence-electron chi connectivity index (χ4n) is 1.31. The maximum Gasteiger partial charge on any atom is 0.336 e. The first kappa shape index (κ1) is 11.1. The minimum atomic E-state index is -1.26. The molecule has 0 spiro atoms. The van der Waals surface area contributed by atoms with Gasteiger partial charge in [0.15, 0.2) is 5.82 Å². The van der Waals surface area contributed by atoms with E-state index in [1.54, 1.807) is 6.92 Å². The Bertz CT molecular complexity index is 571. The first-order valence-corrected chi connectivity index (χ1v) is 4.66. The van der Waals surface area contributed by atoms with Crippen molar-refractivity contribution in [3.63, 3.8) is 0 Å². The summed E-state index contributed by atoms with van der Waals surface area (Å²) < 4.78 is 13.6. The lowest BCUT2D eigenvalue weighted by molar-refractivity contribution is 0.0697. The number of hydrogen-bond acceptors (Lipinski definition) is 5. The second kappa shape index (κ2) is 4.20. The van der Waals surface area contributed by atoms with E-state index in [1.807, 2.05) is 0 Å². The lowest BCUT2D eigenvalue weighted by Crippen LogP contribution is -2.06. The standard InChI is InChI=1S/C10H7FN4O2/c1-5-12-14-9(15-13-5)8-6(10(16)17)3-2-4-7(8)11/h2-4H,1H3,(H,16,17). The normalized spacial score (nSPS) is 10.2. The number of hydrogen-bond donors (Lipinski definition) is 1. The monoisotopic (exact) mass is 234 g/mol. The first-order chi connectivity index (χ1) is 8.09. The van der Waals surface area contributed by atoms with Gasteiger partial charge in [-0.1, -0.05) is 6.07 Å². The van der Waals surface area contributed by atoms with Crippen molar-refractivity contribution in [2.75, 3.05) is 0 Å². The summed E-state index contributed by atoms with van der Waals surface area (Å²) in [5.74, 6) is -1.81. The second-order valence-corrected chi connectivity index (χ2v) is 3.24. The number of carboxylic acids is 1. The molecule has 1 N–H and O–H groups in total. The SMILES string of the molecule is Cc1nnc(-c2c(F)cccc2C(=O)O)nn1. The van der Waals surface area contributed by atoms with E-state index in [1.165, 1.54) is 12.1 Å². The van der Waals surface area contributed by atoms with Crippen LogP contribution < -0.4 is 0 Å².